The molecule has 2 heterocycles. The number of hydrogen-bond donors (Lipinski definition) is 0. The Morgan fingerprint density at radius 3 is 2.46 bits per heavy atom. The molecule has 24 heavy (non-hydrogen) atoms. The number of methoxy groups -OCH3 is 2. The number of aromatic nitrogens is 4. The largest absolute Gasteiger partial charge is 0.480 e. The lowest BCUT2D eigenvalue weighted by atomic mass is 9.87. The normalized spacial score (nSPS) is 19.9. The average Bonchev–Trinajstić information content (AvgIpc) is 3.35. The van der Waals surface area contributed by atoms with Crippen LogP contribution in [0, 0.1) is 18.3 Å². The molecule has 0 radical (unpaired) electrons. The Balaban J connectivity index is 1.98. The summed E-state index contributed by atoms with van der Waals surface area (Å²) in [6.45, 7) is 8.90. The van der Waals surface area contributed by atoms with Crippen molar-refractivity contribution in [2.45, 2.75) is 40.0 Å². The standard InChI is InChI=1S/C18H24N4O2/c1-10-11(12-7-14(12)18(2,3)4)8-15(22-21-10)13-9-19-17(24-6)20-16(13)23-5/h8-9,12,14H,7H2,1-6H3. The molecule has 0 aliphatic heterocycles. The number of rotatable bonds is 4. The highest BCUT2D eigenvalue weighted by molar-refractivity contribution is 5.64. The number of ether oxygens (including phenoxy) is 2. The van der Waals surface area contributed by atoms with Gasteiger partial charge < -0.3 is 9.47 Å². The van der Waals surface area contributed by atoms with Gasteiger partial charge in [0.25, 0.3) is 0 Å². The van der Waals surface area contributed by atoms with Crippen LogP contribution >= 0.6 is 0 Å². The zero-order chi connectivity index (χ0) is 17.5. The molecule has 0 bridgehead atoms. The molecule has 0 saturated heterocycles. The second-order valence-electron chi connectivity index (χ2n) is 7.36. The maximum absolute atomic E-state index is 5.36. The lowest BCUT2D eigenvalue weighted by Gasteiger charge is -2.18. The lowest BCUT2D eigenvalue weighted by molar-refractivity contribution is 0.343. The van der Waals surface area contributed by atoms with Gasteiger partial charge in [-0.2, -0.15) is 10.1 Å². The first-order valence-corrected chi connectivity index (χ1v) is 8.14. The quantitative estimate of drug-likeness (QED) is 0.856. The molecule has 0 aromatic carbocycles. The van der Waals surface area contributed by atoms with Crippen molar-refractivity contribution in [3.05, 3.63) is 23.5 Å². The molecular formula is C18H24N4O2. The highest BCUT2D eigenvalue weighted by atomic mass is 16.5. The van der Waals surface area contributed by atoms with E-state index in [-0.39, 0.29) is 6.01 Å². The van der Waals surface area contributed by atoms with Crippen LogP contribution in [0.25, 0.3) is 11.3 Å². The van der Waals surface area contributed by atoms with Gasteiger partial charge in [0.1, 0.15) is 5.69 Å². The van der Waals surface area contributed by atoms with E-state index in [0.717, 1.165) is 17.0 Å². The second kappa shape index (κ2) is 6.00. The van der Waals surface area contributed by atoms with E-state index in [1.807, 2.05) is 6.92 Å². The van der Waals surface area contributed by atoms with Gasteiger partial charge in [-0.25, -0.2) is 4.98 Å². The molecule has 2 aromatic rings. The molecule has 0 spiro atoms. The van der Waals surface area contributed by atoms with E-state index >= 15 is 0 Å². The summed E-state index contributed by atoms with van der Waals surface area (Å²) < 4.78 is 10.4. The fraction of sp³-hybridized carbons (Fsp3) is 0.556. The molecule has 1 aliphatic carbocycles. The molecular weight excluding hydrogens is 304 g/mol. The summed E-state index contributed by atoms with van der Waals surface area (Å²) in [6.07, 6.45) is 2.87. The van der Waals surface area contributed by atoms with Crippen molar-refractivity contribution in [3.63, 3.8) is 0 Å². The Bertz CT molecular complexity index is 755. The molecule has 1 aliphatic rings. The summed E-state index contributed by atoms with van der Waals surface area (Å²) in [7, 11) is 3.10. The molecule has 2 aromatic heterocycles. The monoisotopic (exact) mass is 328 g/mol. The van der Waals surface area contributed by atoms with Crippen LogP contribution in [0.2, 0.25) is 0 Å². The summed E-state index contributed by atoms with van der Waals surface area (Å²) in [4.78, 5) is 8.40. The smallest absolute Gasteiger partial charge is 0.319 e. The fourth-order valence-corrected chi connectivity index (χ4v) is 3.25. The van der Waals surface area contributed by atoms with Crippen LogP contribution in [0.1, 0.15) is 44.4 Å². The van der Waals surface area contributed by atoms with Crippen LogP contribution in [-0.4, -0.2) is 34.4 Å². The van der Waals surface area contributed by atoms with Crippen LogP contribution in [0.4, 0.5) is 0 Å². The van der Waals surface area contributed by atoms with Gasteiger partial charge in [0, 0.05) is 6.20 Å². The van der Waals surface area contributed by atoms with Gasteiger partial charge in [-0.15, -0.1) is 5.10 Å². The van der Waals surface area contributed by atoms with Gasteiger partial charge in [0.05, 0.1) is 25.5 Å². The minimum atomic E-state index is 0.269. The SMILES string of the molecule is COc1ncc(-c2cc(C3CC3C(C)(C)C)c(C)nn2)c(OC)n1. The first-order valence-electron chi connectivity index (χ1n) is 8.14. The van der Waals surface area contributed by atoms with Crippen molar-refractivity contribution in [2.75, 3.05) is 14.2 Å². The minimum absolute atomic E-state index is 0.269. The van der Waals surface area contributed by atoms with Crippen LogP contribution in [0.5, 0.6) is 11.9 Å². The lowest BCUT2D eigenvalue weighted by Crippen LogP contribution is -2.09. The molecule has 1 saturated carbocycles. The molecule has 2 atom stereocenters. The van der Waals surface area contributed by atoms with Crippen molar-refractivity contribution >= 4 is 0 Å². The van der Waals surface area contributed by atoms with Crippen molar-refractivity contribution in [3.8, 4) is 23.1 Å². The van der Waals surface area contributed by atoms with Gasteiger partial charge in [0.2, 0.25) is 5.88 Å². The highest BCUT2D eigenvalue weighted by Gasteiger charge is 2.46. The van der Waals surface area contributed by atoms with E-state index in [0.29, 0.717) is 23.1 Å². The van der Waals surface area contributed by atoms with Gasteiger partial charge in [-0.3, -0.25) is 0 Å². The van der Waals surface area contributed by atoms with Crippen LogP contribution < -0.4 is 9.47 Å². The summed E-state index contributed by atoms with van der Waals surface area (Å²) >= 11 is 0. The molecule has 6 nitrogen and oxygen atoms in total. The summed E-state index contributed by atoms with van der Waals surface area (Å²) in [5.41, 5.74) is 4.01. The number of hydrogen-bond acceptors (Lipinski definition) is 6. The van der Waals surface area contributed by atoms with Crippen molar-refractivity contribution < 1.29 is 9.47 Å². The van der Waals surface area contributed by atoms with Gasteiger partial charge in [-0.1, -0.05) is 20.8 Å². The summed E-state index contributed by atoms with van der Waals surface area (Å²) in [5.74, 6) is 1.67. The van der Waals surface area contributed by atoms with E-state index < -0.39 is 0 Å². The summed E-state index contributed by atoms with van der Waals surface area (Å²) in [5, 5.41) is 8.68. The number of aryl methyl sites for hydroxylation is 1. The Morgan fingerprint density at radius 2 is 1.88 bits per heavy atom. The third-order valence-corrected chi connectivity index (χ3v) is 4.70. The maximum atomic E-state index is 5.36. The average molecular weight is 328 g/mol. The first kappa shape index (κ1) is 16.6. The van der Waals surface area contributed by atoms with E-state index in [9.17, 15) is 0 Å². The van der Waals surface area contributed by atoms with Gasteiger partial charge >= 0.3 is 6.01 Å². The summed E-state index contributed by atoms with van der Waals surface area (Å²) in [6, 6.07) is 2.37. The molecule has 0 amide bonds. The maximum Gasteiger partial charge on any atom is 0.319 e. The molecule has 0 N–H and O–H groups in total. The van der Waals surface area contributed by atoms with E-state index in [2.05, 4.69) is 47.0 Å². The van der Waals surface area contributed by atoms with Crippen molar-refractivity contribution in [2.24, 2.45) is 11.3 Å². The molecule has 6 heteroatoms. The fourth-order valence-electron chi connectivity index (χ4n) is 3.25. The minimum Gasteiger partial charge on any atom is -0.480 e. The topological polar surface area (TPSA) is 70.0 Å². The first-order chi connectivity index (χ1) is 11.3. The van der Waals surface area contributed by atoms with Crippen molar-refractivity contribution in [1.82, 2.24) is 20.2 Å². The molecule has 3 rings (SSSR count). The van der Waals surface area contributed by atoms with Gasteiger partial charge in [0.15, 0.2) is 0 Å². The number of nitrogens with zero attached hydrogens (tertiary/aromatic N) is 4. The van der Waals surface area contributed by atoms with E-state index in [1.54, 1.807) is 13.3 Å². The van der Waals surface area contributed by atoms with Crippen molar-refractivity contribution in [1.29, 1.82) is 0 Å². The second-order valence-corrected chi connectivity index (χ2v) is 7.36. The van der Waals surface area contributed by atoms with Gasteiger partial charge in [-0.05, 0) is 42.2 Å². The van der Waals surface area contributed by atoms with Crippen LogP contribution in [0.3, 0.4) is 0 Å². The predicted octanol–water partition coefficient (Wildman–Crippen LogP) is 3.41. The Morgan fingerprint density at radius 1 is 1.12 bits per heavy atom. The molecule has 2 unspecified atom stereocenters. The molecule has 1 fully saturated rings. The third-order valence-electron chi connectivity index (χ3n) is 4.70. The van der Waals surface area contributed by atoms with E-state index in [4.69, 9.17) is 9.47 Å². The Hall–Kier alpha value is -2.24. The van der Waals surface area contributed by atoms with Crippen LogP contribution in [0.15, 0.2) is 12.3 Å². The van der Waals surface area contributed by atoms with Crippen LogP contribution in [-0.2, 0) is 0 Å². The van der Waals surface area contributed by atoms with E-state index in [1.165, 1.54) is 19.1 Å². The zero-order valence-electron chi connectivity index (χ0n) is 15.1. The molecule has 128 valence electrons. The zero-order valence-corrected chi connectivity index (χ0v) is 15.1. The predicted molar refractivity (Wildman–Crippen MR) is 91.2 cm³/mol. The third kappa shape index (κ3) is 3.05. The highest BCUT2D eigenvalue weighted by Crippen LogP contribution is 2.57. The Kier molecular flexibility index (Phi) is 4.15. The Labute approximate surface area is 142 Å².